The van der Waals surface area contributed by atoms with Crippen molar-refractivity contribution in [3.63, 3.8) is 0 Å². The molecule has 1 N–H and O–H groups in total. The van der Waals surface area contributed by atoms with Crippen LogP contribution < -0.4 is 5.32 Å². The number of hydrogen-bond acceptors (Lipinski definition) is 5. The van der Waals surface area contributed by atoms with Crippen LogP contribution in [-0.4, -0.2) is 59.8 Å². The number of likely N-dealkylation sites (N-methyl/N-ethyl adjacent to an activating group) is 1. The van der Waals surface area contributed by atoms with Gasteiger partial charge < -0.3 is 15.1 Å². The second-order valence-electron chi connectivity index (χ2n) is 8.19. The Labute approximate surface area is 186 Å². The molecule has 8 nitrogen and oxygen atoms in total. The van der Waals surface area contributed by atoms with Crippen LogP contribution in [0.1, 0.15) is 40.4 Å². The number of carbonyl (C=O) groups excluding carboxylic acids is 2. The third kappa shape index (κ3) is 5.11. The van der Waals surface area contributed by atoms with Crippen molar-refractivity contribution in [1.29, 1.82) is 0 Å². The zero-order chi connectivity index (χ0) is 23.4. The maximum atomic E-state index is 13.6. The number of benzene rings is 2. The lowest BCUT2D eigenvalue weighted by Crippen LogP contribution is -2.47. The Morgan fingerprint density at radius 1 is 1.28 bits per heavy atom. The van der Waals surface area contributed by atoms with E-state index in [1.54, 1.807) is 13.0 Å². The first kappa shape index (κ1) is 23.3. The van der Waals surface area contributed by atoms with E-state index in [0.717, 1.165) is 5.56 Å². The molecule has 0 aliphatic carbocycles. The van der Waals surface area contributed by atoms with Gasteiger partial charge in [0.1, 0.15) is 11.9 Å². The first-order valence-corrected chi connectivity index (χ1v) is 10.4. The normalized spacial score (nSPS) is 16.8. The lowest BCUT2D eigenvalue weighted by atomic mass is 10.1. The molecule has 0 bridgehead atoms. The van der Waals surface area contributed by atoms with Gasteiger partial charge in [-0.25, -0.2) is 4.39 Å². The Kier molecular flexibility index (Phi) is 7.19. The monoisotopic (exact) mass is 442 g/mol. The van der Waals surface area contributed by atoms with Gasteiger partial charge in [0.05, 0.1) is 11.0 Å². The minimum absolute atomic E-state index is 0.0515. The number of carbonyl (C=O) groups is 2. The molecular formula is C23H27FN4O4. The van der Waals surface area contributed by atoms with Crippen molar-refractivity contribution in [3.05, 3.63) is 75.1 Å². The van der Waals surface area contributed by atoms with Gasteiger partial charge >= 0.3 is 0 Å². The fourth-order valence-electron chi connectivity index (χ4n) is 4.07. The summed E-state index contributed by atoms with van der Waals surface area (Å²) in [5.41, 5.74) is 1.41. The zero-order valence-electron chi connectivity index (χ0n) is 18.4. The molecule has 3 rings (SSSR count). The van der Waals surface area contributed by atoms with E-state index in [0.29, 0.717) is 30.5 Å². The first-order chi connectivity index (χ1) is 15.2. The Morgan fingerprint density at radius 3 is 2.66 bits per heavy atom. The number of nitrogens with zero attached hydrogens (tertiary/aromatic N) is 3. The van der Waals surface area contributed by atoms with Crippen LogP contribution >= 0.6 is 0 Å². The quantitative estimate of drug-likeness (QED) is 0.525. The number of amides is 2. The summed E-state index contributed by atoms with van der Waals surface area (Å²) in [7, 11) is 3.70. The van der Waals surface area contributed by atoms with Crippen molar-refractivity contribution in [3.8, 4) is 0 Å². The molecule has 2 amide bonds. The molecule has 0 spiro atoms. The first-order valence-electron chi connectivity index (χ1n) is 10.4. The molecule has 1 aliphatic heterocycles. The van der Waals surface area contributed by atoms with Gasteiger partial charge in [0.25, 0.3) is 11.6 Å². The maximum Gasteiger partial charge on any atom is 0.272 e. The third-order valence-electron chi connectivity index (χ3n) is 5.78. The van der Waals surface area contributed by atoms with E-state index in [1.165, 1.54) is 35.2 Å². The van der Waals surface area contributed by atoms with E-state index in [2.05, 4.69) is 5.32 Å². The van der Waals surface area contributed by atoms with Gasteiger partial charge in [-0.1, -0.05) is 12.1 Å². The largest absolute Gasteiger partial charge is 0.352 e. The van der Waals surface area contributed by atoms with E-state index >= 15 is 0 Å². The Bertz CT molecular complexity index is 1030. The summed E-state index contributed by atoms with van der Waals surface area (Å²) in [5, 5.41) is 13.9. The molecule has 2 unspecified atom stereocenters. The van der Waals surface area contributed by atoms with Gasteiger partial charge in [-0.15, -0.1) is 0 Å². The predicted molar refractivity (Wildman–Crippen MR) is 118 cm³/mol. The number of nitro groups is 1. The highest BCUT2D eigenvalue weighted by atomic mass is 19.1. The fourth-order valence-corrected chi connectivity index (χ4v) is 4.07. The number of hydrogen-bond donors (Lipinski definition) is 1. The number of rotatable bonds is 7. The second kappa shape index (κ2) is 9.86. The van der Waals surface area contributed by atoms with Crippen LogP contribution in [0, 0.1) is 22.9 Å². The van der Waals surface area contributed by atoms with Gasteiger partial charge in [-0.3, -0.25) is 19.7 Å². The molecule has 2 aromatic carbocycles. The fraction of sp³-hybridized carbons (Fsp3) is 0.391. The molecule has 2 aromatic rings. The topological polar surface area (TPSA) is 95.8 Å². The molecule has 1 aliphatic rings. The summed E-state index contributed by atoms with van der Waals surface area (Å²) < 4.78 is 13.6. The summed E-state index contributed by atoms with van der Waals surface area (Å²) in [6.45, 7) is 2.29. The number of likely N-dealkylation sites (tertiary alicyclic amines) is 1. The second-order valence-corrected chi connectivity index (χ2v) is 8.19. The summed E-state index contributed by atoms with van der Waals surface area (Å²) >= 11 is 0. The number of aryl methyl sites for hydroxylation is 1. The molecule has 0 aromatic heterocycles. The van der Waals surface area contributed by atoms with Crippen molar-refractivity contribution in [2.75, 3.05) is 27.2 Å². The van der Waals surface area contributed by atoms with Crippen LogP contribution in [0.2, 0.25) is 0 Å². The standard InChI is InChI=1S/C23H27FN4O4/c1-15-12-17(9-10-19(15)28(31)32)23(30)27-11-5-8-20(27)22(29)25-14-21(26(2)3)16-6-4-7-18(24)13-16/h4,6-7,9-10,12-13,20-21H,5,8,11,14H2,1-3H3,(H,25,29). The molecule has 0 radical (unpaired) electrons. The van der Waals surface area contributed by atoms with Crippen LogP contribution in [-0.2, 0) is 4.79 Å². The maximum absolute atomic E-state index is 13.6. The lowest BCUT2D eigenvalue weighted by molar-refractivity contribution is -0.385. The highest BCUT2D eigenvalue weighted by molar-refractivity contribution is 5.98. The summed E-state index contributed by atoms with van der Waals surface area (Å²) in [6.07, 6.45) is 1.23. The van der Waals surface area contributed by atoms with Crippen molar-refractivity contribution < 1.29 is 18.9 Å². The van der Waals surface area contributed by atoms with E-state index in [4.69, 9.17) is 0 Å². The molecule has 9 heteroatoms. The molecule has 170 valence electrons. The zero-order valence-corrected chi connectivity index (χ0v) is 18.4. The summed E-state index contributed by atoms with van der Waals surface area (Å²) in [6, 6.07) is 9.64. The van der Waals surface area contributed by atoms with E-state index in [1.807, 2.05) is 25.1 Å². The van der Waals surface area contributed by atoms with E-state index in [9.17, 15) is 24.1 Å². The summed E-state index contributed by atoms with van der Waals surface area (Å²) in [4.78, 5) is 39.9. The van der Waals surface area contributed by atoms with Gasteiger partial charge in [-0.2, -0.15) is 0 Å². The summed E-state index contributed by atoms with van der Waals surface area (Å²) in [5.74, 6) is -0.931. The molecule has 1 heterocycles. The minimum atomic E-state index is -0.617. The van der Waals surface area contributed by atoms with Crippen LogP contribution in [0.25, 0.3) is 0 Å². The molecule has 2 atom stereocenters. The highest BCUT2D eigenvalue weighted by Crippen LogP contribution is 2.24. The predicted octanol–water partition coefficient (Wildman–Crippen LogP) is 3.07. The van der Waals surface area contributed by atoms with Crippen LogP contribution in [0.15, 0.2) is 42.5 Å². The van der Waals surface area contributed by atoms with Crippen LogP contribution in [0.3, 0.4) is 0 Å². The number of nitro benzene ring substituents is 1. The van der Waals surface area contributed by atoms with Gasteiger partial charge in [-0.05, 0) is 63.7 Å². The SMILES string of the molecule is Cc1cc(C(=O)N2CCCC2C(=O)NCC(c2cccc(F)c2)N(C)C)ccc1[N+](=O)[O-]. The molecule has 32 heavy (non-hydrogen) atoms. The lowest BCUT2D eigenvalue weighted by Gasteiger charge is -2.28. The van der Waals surface area contributed by atoms with E-state index < -0.39 is 11.0 Å². The third-order valence-corrected chi connectivity index (χ3v) is 5.78. The highest BCUT2D eigenvalue weighted by Gasteiger charge is 2.35. The smallest absolute Gasteiger partial charge is 0.272 e. The molecule has 1 saturated heterocycles. The average molecular weight is 442 g/mol. The molecule has 0 saturated carbocycles. The van der Waals surface area contributed by atoms with Gasteiger partial charge in [0.15, 0.2) is 0 Å². The van der Waals surface area contributed by atoms with Gasteiger partial charge in [0.2, 0.25) is 5.91 Å². The van der Waals surface area contributed by atoms with Crippen molar-refractivity contribution in [1.82, 2.24) is 15.1 Å². The van der Waals surface area contributed by atoms with Crippen LogP contribution in [0.4, 0.5) is 10.1 Å². The van der Waals surface area contributed by atoms with E-state index in [-0.39, 0.29) is 35.9 Å². The Morgan fingerprint density at radius 2 is 2.03 bits per heavy atom. The van der Waals surface area contributed by atoms with Crippen molar-refractivity contribution >= 4 is 17.5 Å². The Balaban J connectivity index is 1.70. The Hall–Kier alpha value is -3.33. The molecule has 1 fully saturated rings. The van der Waals surface area contributed by atoms with Crippen LogP contribution in [0.5, 0.6) is 0 Å². The van der Waals surface area contributed by atoms with Gasteiger partial charge in [0, 0.05) is 30.3 Å². The average Bonchev–Trinajstić information content (AvgIpc) is 3.22. The minimum Gasteiger partial charge on any atom is -0.352 e. The van der Waals surface area contributed by atoms with Crippen molar-refractivity contribution in [2.24, 2.45) is 0 Å². The molecular weight excluding hydrogens is 415 g/mol. The number of halogens is 1. The number of nitrogens with one attached hydrogen (secondary N) is 1. The van der Waals surface area contributed by atoms with Crippen molar-refractivity contribution in [2.45, 2.75) is 31.8 Å².